The highest BCUT2D eigenvalue weighted by atomic mass is 32.1. The Labute approximate surface area is 127 Å². The Bertz CT molecular complexity index is 780. The van der Waals surface area contributed by atoms with Crippen LogP contribution in [-0.2, 0) is 6.42 Å². The number of benzene rings is 1. The van der Waals surface area contributed by atoms with E-state index in [9.17, 15) is 0 Å². The number of para-hydroxylation sites is 2. The average molecular weight is 296 g/mol. The summed E-state index contributed by atoms with van der Waals surface area (Å²) in [6.07, 6.45) is 0.281. The zero-order valence-corrected chi connectivity index (χ0v) is 12.5. The van der Waals surface area contributed by atoms with Crippen molar-refractivity contribution in [3.63, 3.8) is 0 Å². The molecule has 3 rings (SSSR count). The molecule has 2 unspecified atom stereocenters. The van der Waals surface area contributed by atoms with Crippen molar-refractivity contribution in [3.8, 4) is 6.07 Å². The van der Waals surface area contributed by atoms with Crippen LogP contribution in [-0.4, -0.2) is 15.6 Å². The zero-order valence-electron chi connectivity index (χ0n) is 11.7. The third-order valence-electron chi connectivity index (χ3n) is 3.52. The van der Waals surface area contributed by atoms with E-state index in [1.807, 2.05) is 42.6 Å². The van der Waals surface area contributed by atoms with Gasteiger partial charge in [0.15, 0.2) is 0 Å². The molecule has 5 heteroatoms. The van der Waals surface area contributed by atoms with Gasteiger partial charge < -0.3 is 10.3 Å². The third kappa shape index (κ3) is 2.44. The Balaban J connectivity index is 2.25. The van der Waals surface area contributed by atoms with Gasteiger partial charge in [-0.3, -0.25) is 0 Å². The molecule has 2 N–H and O–H groups in total. The van der Waals surface area contributed by atoms with Crippen LogP contribution in [0.25, 0.3) is 11.0 Å². The molecule has 2 aromatic heterocycles. The van der Waals surface area contributed by atoms with E-state index in [1.54, 1.807) is 11.3 Å². The number of nitriles is 1. The van der Waals surface area contributed by atoms with Crippen LogP contribution >= 0.6 is 11.3 Å². The predicted octanol–water partition coefficient (Wildman–Crippen LogP) is 3.10. The quantitative estimate of drug-likeness (QED) is 0.804. The molecule has 0 amide bonds. The van der Waals surface area contributed by atoms with Gasteiger partial charge in [0, 0.05) is 10.9 Å². The van der Waals surface area contributed by atoms with Crippen LogP contribution in [0.3, 0.4) is 0 Å². The number of thiophene rings is 1. The molecule has 106 valence electrons. The second-order valence-electron chi connectivity index (χ2n) is 5.04. The molecule has 1 aromatic carbocycles. The molecule has 2 atom stereocenters. The van der Waals surface area contributed by atoms with Crippen molar-refractivity contribution >= 4 is 22.4 Å². The molecule has 0 aliphatic heterocycles. The first-order valence-electron chi connectivity index (χ1n) is 6.84. The number of imidazole rings is 1. The van der Waals surface area contributed by atoms with E-state index in [0.29, 0.717) is 0 Å². The highest BCUT2D eigenvalue weighted by Crippen LogP contribution is 2.31. The summed E-state index contributed by atoms with van der Waals surface area (Å²) >= 11 is 1.68. The van der Waals surface area contributed by atoms with Crippen LogP contribution in [0.1, 0.15) is 23.7 Å². The van der Waals surface area contributed by atoms with Crippen LogP contribution in [0.2, 0.25) is 0 Å². The van der Waals surface area contributed by atoms with Crippen LogP contribution in [0.5, 0.6) is 0 Å². The van der Waals surface area contributed by atoms with Gasteiger partial charge in [0.05, 0.1) is 29.6 Å². The standard InChI is InChI=1S/C16H16N4S/c1-11(18)16(14-7-4-10-21-14)20-13-6-3-2-5-12(13)19-15(20)8-9-17/h2-7,10-11,16H,8,18H2,1H3. The Morgan fingerprint density at radius 2 is 2.14 bits per heavy atom. The van der Waals surface area contributed by atoms with E-state index in [4.69, 9.17) is 11.0 Å². The summed E-state index contributed by atoms with van der Waals surface area (Å²) in [6, 6.07) is 14.2. The van der Waals surface area contributed by atoms with E-state index in [2.05, 4.69) is 21.7 Å². The van der Waals surface area contributed by atoms with Crippen molar-refractivity contribution < 1.29 is 0 Å². The summed E-state index contributed by atoms with van der Waals surface area (Å²) in [5.74, 6) is 0.773. The van der Waals surface area contributed by atoms with Crippen molar-refractivity contribution in [3.05, 3.63) is 52.5 Å². The molecule has 0 bridgehead atoms. The molecule has 0 aliphatic carbocycles. The molecule has 0 saturated carbocycles. The van der Waals surface area contributed by atoms with Gasteiger partial charge in [0.25, 0.3) is 0 Å². The predicted molar refractivity (Wildman–Crippen MR) is 85.2 cm³/mol. The normalized spacial score (nSPS) is 14.0. The lowest BCUT2D eigenvalue weighted by Crippen LogP contribution is -2.30. The van der Waals surface area contributed by atoms with Crippen LogP contribution in [0, 0.1) is 11.3 Å². The smallest absolute Gasteiger partial charge is 0.124 e. The van der Waals surface area contributed by atoms with Crippen molar-refractivity contribution in [2.45, 2.75) is 25.4 Å². The van der Waals surface area contributed by atoms with Crippen LogP contribution in [0.4, 0.5) is 0 Å². The van der Waals surface area contributed by atoms with Gasteiger partial charge in [-0.15, -0.1) is 11.3 Å². The number of hydrogen-bond acceptors (Lipinski definition) is 4. The lowest BCUT2D eigenvalue weighted by molar-refractivity contribution is 0.502. The topological polar surface area (TPSA) is 67.6 Å². The number of hydrogen-bond donors (Lipinski definition) is 1. The first kappa shape index (κ1) is 13.8. The molecular formula is C16H16N4S. The van der Waals surface area contributed by atoms with Crippen molar-refractivity contribution in [2.75, 3.05) is 0 Å². The second-order valence-corrected chi connectivity index (χ2v) is 6.02. The minimum Gasteiger partial charge on any atom is -0.326 e. The highest BCUT2D eigenvalue weighted by molar-refractivity contribution is 7.10. The summed E-state index contributed by atoms with van der Waals surface area (Å²) in [5, 5.41) is 11.1. The third-order valence-corrected chi connectivity index (χ3v) is 4.46. The fourth-order valence-corrected chi connectivity index (χ4v) is 3.61. The van der Waals surface area contributed by atoms with Crippen molar-refractivity contribution in [2.24, 2.45) is 5.73 Å². The van der Waals surface area contributed by atoms with Gasteiger partial charge in [-0.05, 0) is 30.5 Å². The second kappa shape index (κ2) is 5.68. The SMILES string of the molecule is CC(N)C(c1cccs1)n1c(CC#N)nc2ccccc21. The highest BCUT2D eigenvalue weighted by Gasteiger charge is 2.24. The summed E-state index contributed by atoms with van der Waals surface area (Å²) in [4.78, 5) is 5.79. The largest absolute Gasteiger partial charge is 0.326 e. The zero-order chi connectivity index (χ0) is 14.8. The van der Waals surface area contributed by atoms with Crippen molar-refractivity contribution in [1.82, 2.24) is 9.55 Å². The number of rotatable bonds is 4. The number of aromatic nitrogens is 2. The minimum absolute atomic E-state index is 0.000694. The molecule has 0 radical (unpaired) electrons. The first-order valence-corrected chi connectivity index (χ1v) is 7.72. The molecule has 4 nitrogen and oxygen atoms in total. The number of fused-ring (bicyclic) bond motifs is 1. The van der Waals surface area contributed by atoms with E-state index < -0.39 is 0 Å². The monoisotopic (exact) mass is 296 g/mol. The van der Waals surface area contributed by atoms with Gasteiger partial charge in [-0.1, -0.05) is 18.2 Å². The minimum atomic E-state index is -0.0706. The average Bonchev–Trinajstić information content (AvgIpc) is 3.09. The summed E-state index contributed by atoms with van der Waals surface area (Å²) in [6.45, 7) is 2.00. The van der Waals surface area contributed by atoms with E-state index in [-0.39, 0.29) is 18.5 Å². The molecular weight excluding hydrogens is 280 g/mol. The van der Waals surface area contributed by atoms with Gasteiger partial charge in [-0.2, -0.15) is 5.26 Å². The van der Waals surface area contributed by atoms with E-state index >= 15 is 0 Å². The van der Waals surface area contributed by atoms with Crippen LogP contribution < -0.4 is 5.73 Å². The van der Waals surface area contributed by atoms with Gasteiger partial charge in [0.1, 0.15) is 5.82 Å². The van der Waals surface area contributed by atoms with Gasteiger partial charge >= 0.3 is 0 Å². The molecule has 21 heavy (non-hydrogen) atoms. The molecule has 0 spiro atoms. The fraction of sp³-hybridized carbons (Fsp3) is 0.250. The Hall–Kier alpha value is -2.16. The van der Waals surface area contributed by atoms with Gasteiger partial charge in [-0.25, -0.2) is 4.98 Å². The number of nitrogens with two attached hydrogens (primary N) is 1. The fourth-order valence-electron chi connectivity index (χ4n) is 2.68. The lowest BCUT2D eigenvalue weighted by atomic mass is 10.1. The molecule has 2 heterocycles. The lowest BCUT2D eigenvalue weighted by Gasteiger charge is -2.24. The molecule has 0 fully saturated rings. The maximum absolute atomic E-state index is 9.09. The van der Waals surface area contributed by atoms with E-state index in [0.717, 1.165) is 16.9 Å². The van der Waals surface area contributed by atoms with Crippen LogP contribution in [0.15, 0.2) is 41.8 Å². The van der Waals surface area contributed by atoms with E-state index in [1.165, 1.54) is 4.88 Å². The Morgan fingerprint density at radius 1 is 1.33 bits per heavy atom. The number of nitrogens with zero attached hydrogens (tertiary/aromatic N) is 3. The maximum Gasteiger partial charge on any atom is 0.124 e. The molecule has 3 aromatic rings. The molecule has 0 saturated heterocycles. The van der Waals surface area contributed by atoms with Crippen molar-refractivity contribution in [1.29, 1.82) is 5.26 Å². The van der Waals surface area contributed by atoms with Gasteiger partial charge in [0.2, 0.25) is 0 Å². The summed E-state index contributed by atoms with van der Waals surface area (Å²) < 4.78 is 2.12. The maximum atomic E-state index is 9.09. The molecule has 0 aliphatic rings. The Morgan fingerprint density at radius 3 is 2.81 bits per heavy atom. The summed E-state index contributed by atoms with van der Waals surface area (Å²) in [5.41, 5.74) is 8.18. The Kier molecular flexibility index (Phi) is 3.74. The first-order chi connectivity index (χ1) is 10.2. The summed E-state index contributed by atoms with van der Waals surface area (Å²) in [7, 11) is 0.